The lowest BCUT2D eigenvalue weighted by Gasteiger charge is -2.25. The van der Waals surface area contributed by atoms with Crippen LogP contribution in [0.4, 0.5) is 0 Å². The quantitative estimate of drug-likeness (QED) is 0.346. The van der Waals surface area contributed by atoms with E-state index in [1.165, 1.54) is 4.31 Å². The molecular formula is C11H23N3O3S. The Morgan fingerprint density at radius 3 is 2.61 bits per heavy atom. The summed E-state index contributed by atoms with van der Waals surface area (Å²) in [5.41, 5.74) is 5.51. The third-order valence-corrected chi connectivity index (χ3v) is 5.00. The molecule has 1 fully saturated rings. The molecule has 1 rings (SSSR count). The van der Waals surface area contributed by atoms with Crippen molar-refractivity contribution in [2.24, 2.45) is 16.3 Å². The number of nitrogens with zero attached hydrogens (tertiary/aromatic N) is 2. The second-order valence-corrected chi connectivity index (χ2v) is 7.96. The molecule has 1 aliphatic heterocycles. The summed E-state index contributed by atoms with van der Waals surface area (Å²) in [6.45, 7) is 6.47. The molecule has 7 heteroatoms. The number of hydrogen-bond acceptors (Lipinski definition) is 4. The van der Waals surface area contributed by atoms with Crippen molar-refractivity contribution in [3.05, 3.63) is 0 Å². The lowest BCUT2D eigenvalue weighted by molar-refractivity contribution is 0.311. The number of hydrogen-bond donors (Lipinski definition) is 2. The van der Waals surface area contributed by atoms with Gasteiger partial charge in [0.05, 0.1) is 11.8 Å². The smallest absolute Gasteiger partial charge is 0.214 e. The van der Waals surface area contributed by atoms with Gasteiger partial charge in [0, 0.05) is 6.54 Å². The summed E-state index contributed by atoms with van der Waals surface area (Å²) in [6.07, 6.45) is 1.95. The molecule has 1 unspecified atom stereocenters. The molecule has 1 heterocycles. The zero-order valence-corrected chi connectivity index (χ0v) is 12.1. The number of amidine groups is 1. The van der Waals surface area contributed by atoms with E-state index in [1.807, 2.05) is 20.8 Å². The Labute approximate surface area is 109 Å². The zero-order valence-electron chi connectivity index (χ0n) is 11.3. The van der Waals surface area contributed by atoms with Crippen molar-refractivity contribution < 1.29 is 13.6 Å². The molecular weight excluding hydrogens is 254 g/mol. The molecule has 1 aliphatic rings. The molecule has 3 N–H and O–H groups in total. The predicted octanol–water partition coefficient (Wildman–Crippen LogP) is 0.963. The van der Waals surface area contributed by atoms with Crippen molar-refractivity contribution in [2.75, 3.05) is 12.3 Å². The first-order chi connectivity index (χ1) is 8.17. The normalized spacial score (nSPS) is 23.5. The van der Waals surface area contributed by atoms with Gasteiger partial charge in [0.15, 0.2) is 5.84 Å². The van der Waals surface area contributed by atoms with Gasteiger partial charge in [-0.1, -0.05) is 25.9 Å². The summed E-state index contributed by atoms with van der Waals surface area (Å²) in [5, 5.41) is 11.6. The molecule has 1 atom stereocenters. The van der Waals surface area contributed by atoms with E-state index in [0.29, 0.717) is 19.4 Å². The highest BCUT2D eigenvalue weighted by Crippen LogP contribution is 2.25. The summed E-state index contributed by atoms with van der Waals surface area (Å²) >= 11 is 0. The van der Waals surface area contributed by atoms with E-state index in [-0.39, 0.29) is 17.0 Å². The van der Waals surface area contributed by atoms with Gasteiger partial charge in [0.25, 0.3) is 0 Å². The summed E-state index contributed by atoms with van der Waals surface area (Å²) in [6, 6.07) is -0.486. The molecule has 0 aromatic carbocycles. The molecule has 0 saturated carbocycles. The summed E-state index contributed by atoms with van der Waals surface area (Å²) in [7, 11) is -3.34. The van der Waals surface area contributed by atoms with Gasteiger partial charge >= 0.3 is 0 Å². The van der Waals surface area contributed by atoms with E-state index in [9.17, 15) is 8.42 Å². The van der Waals surface area contributed by atoms with Crippen LogP contribution in [0.25, 0.3) is 0 Å². The number of sulfonamides is 1. The third kappa shape index (κ3) is 3.84. The fraction of sp³-hybridized carbons (Fsp3) is 0.909. The van der Waals surface area contributed by atoms with Crippen LogP contribution in [0.5, 0.6) is 0 Å². The maximum absolute atomic E-state index is 12.2. The largest absolute Gasteiger partial charge is 0.409 e. The van der Waals surface area contributed by atoms with Crippen molar-refractivity contribution in [2.45, 2.75) is 46.1 Å². The topological polar surface area (TPSA) is 96.0 Å². The van der Waals surface area contributed by atoms with Crippen LogP contribution in [0, 0.1) is 5.41 Å². The van der Waals surface area contributed by atoms with Crippen molar-refractivity contribution in [3.63, 3.8) is 0 Å². The molecule has 18 heavy (non-hydrogen) atoms. The fourth-order valence-corrected chi connectivity index (χ4v) is 4.10. The third-order valence-electron chi connectivity index (χ3n) is 3.13. The molecule has 0 amide bonds. The number of rotatable bonds is 4. The molecule has 1 saturated heterocycles. The van der Waals surface area contributed by atoms with Crippen molar-refractivity contribution in [1.82, 2.24) is 4.31 Å². The van der Waals surface area contributed by atoms with Gasteiger partial charge in [-0.3, -0.25) is 0 Å². The van der Waals surface area contributed by atoms with Crippen LogP contribution < -0.4 is 5.73 Å². The fourth-order valence-electron chi connectivity index (χ4n) is 1.99. The lowest BCUT2D eigenvalue weighted by atomic mass is 9.94. The predicted molar refractivity (Wildman–Crippen MR) is 71.0 cm³/mol. The van der Waals surface area contributed by atoms with Gasteiger partial charge in [0.2, 0.25) is 10.0 Å². The van der Waals surface area contributed by atoms with Gasteiger partial charge in [-0.2, -0.15) is 4.31 Å². The molecule has 106 valence electrons. The first kappa shape index (κ1) is 15.2. The maximum atomic E-state index is 12.2. The Hall–Kier alpha value is -0.820. The van der Waals surface area contributed by atoms with Gasteiger partial charge in [-0.25, -0.2) is 8.42 Å². The summed E-state index contributed by atoms with van der Waals surface area (Å²) < 4.78 is 25.9. The van der Waals surface area contributed by atoms with Crippen LogP contribution in [-0.4, -0.2) is 42.1 Å². The Balaban J connectivity index is 2.78. The SMILES string of the molecule is CC(C)(C)CCS(=O)(=O)N1CCCC1C(N)=NO. The van der Waals surface area contributed by atoms with Gasteiger partial charge in [-0.15, -0.1) is 0 Å². The average Bonchev–Trinajstić information content (AvgIpc) is 2.74. The number of oxime groups is 1. The molecule has 6 nitrogen and oxygen atoms in total. The van der Waals surface area contributed by atoms with Crippen LogP contribution in [-0.2, 0) is 10.0 Å². The van der Waals surface area contributed by atoms with E-state index >= 15 is 0 Å². The minimum atomic E-state index is -3.34. The zero-order chi connectivity index (χ0) is 14.0. The second-order valence-electron chi connectivity index (χ2n) is 5.92. The Morgan fingerprint density at radius 2 is 2.11 bits per heavy atom. The standard InChI is InChI=1S/C11H23N3O3S/c1-11(2,3)6-8-18(16,17)14-7-4-5-9(14)10(12)13-15/h9,15H,4-8H2,1-3H3,(H2,12,13). The van der Waals surface area contributed by atoms with E-state index in [2.05, 4.69) is 5.16 Å². The highest BCUT2D eigenvalue weighted by atomic mass is 32.2. The first-order valence-electron chi connectivity index (χ1n) is 6.14. The Kier molecular flexibility index (Phi) is 4.61. The molecule has 0 aliphatic carbocycles. The number of nitrogens with two attached hydrogens (primary N) is 1. The molecule has 0 bridgehead atoms. The van der Waals surface area contributed by atoms with E-state index in [1.54, 1.807) is 0 Å². The second kappa shape index (κ2) is 5.44. The van der Waals surface area contributed by atoms with Gasteiger partial charge in [-0.05, 0) is 24.7 Å². The average molecular weight is 277 g/mol. The van der Waals surface area contributed by atoms with Crippen LogP contribution in [0.3, 0.4) is 0 Å². The monoisotopic (exact) mass is 277 g/mol. The van der Waals surface area contributed by atoms with Crippen LogP contribution in [0.2, 0.25) is 0 Å². The van der Waals surface area contributed by atoms with Crippen molar-refractivity contribution in [1.29, 1.82) is 0 Å². The highest BCUT2D eigenvalue weighted by molar-refractivity contribution is 7.89. The molecule has 0 radical (unpaired) electrons. The van der Waals surface area contributed by atoms with E-state index < -0.39 is 16.1 Å². The Bertz CT molecular complexity index is 412. The molecule has 0 aromatic rings. The minimum Gasteiger partial charge on any atom is -0.409 e. The first-order valence-corrected chi connectivity index (χ1v) is 7.75. The van der Waals surface area contributed by atoms with Crippen molar-refractivity contribution >= 4 is 15.9 Å². The van der Waals surface area contributed by atoms with E-state index in [4.69, 9.17) is 10.9 Å². The molecule has 0 aromatic heterocycles. The van der Waals surface area contributed by atoms with E-state index in [0.717, 1.165) is 6.42 Å². The molecule has 0 spiro atoms. The Morgan fingerprint density at radius 1 is 1.50 bits per heavy atom. The van der Waals surface area contributed by atoms with Crippen molar-refractivity contribution in [3.8, 4) is 0 Å². The van der Waals surface area contributed by atoms with Crippen LogP contribution >= 0.6 is 0 Å². The van der Waals surface area contributed by atoms with Gasteiger partial charge < -0.3 is 10.9 Å². The van der Waals surface area contributed by atoms with Crippen LogP contribution in [0.1, 0.15) is 40.0 Å². The summed E-state index contributed by atoms with van der Waals surface area (Å²) in [4.78, 5) is 0. The minimum absolute atomic E-state index is 0.0215. The highest BCUT2D eigenvalue weighted by Gasteiger charge is 2.36. The van der Waals surface area contributed by atoms with Gasteiger partial charge in [0.1, 0.15) is 0 Å². The van der Waals surface area contributed by atoms with Crippen LogP contribution in [0.15, 0.2) is 5.16 Å². The maximum Gasteiger partial charge on any atom is 0.214 e. The summed E-state index contributed by atoms with van der Waals surface area (Å²) in [5.74, 6) is 0.0814. The lowest BCUT2D eigenvalue weighted by Crippen LogP contribution is -2.45.